The van der Waals surface area contributed by atoms with Crippen LogP contribution >= 0.6 is 0 Å². The van der Waals surface area contributed by atoms with E-state index in [0.717, 1.165) is 12.3 Å². The number of nitrogens with zero attached hydrogens (tertiary/aromatic N) is 1. The number of rotatable bonds is 8. The summed E-state index contributed by atoms with van der Waals surface area (Å²) < 4.78 is 61.7. The van der Waals surface area contributed by atoms with Gasteiger partial charge in [-0.25, -0.2) is 18.2 Å². The molecule has 0 aliphatic heterocycles. The molecule has 14 heteroatoms. The number of carboxylic acid groups (broad SMARTS) is 1. The SMILES string of the molecule is CS(=O)(=O)CCNC(=O)c1cccc(C(=O)Nc2cc(CNC(=O)O)cc(C(F)(F)F)n2)c1. The number of carbonyl (C=O) groups excluding carboxylic acids is 2. The molecule has 0 unspecified atom stereocenters. The number of hydrogen-bond donors (Lipinski definition) is 4. The second-order valence-corrected chi connectivity index (χ2v) is 9.08. The van der Waals surface area contributed by atoms with Gasteiger partial charge in [-0.05, 0) is 35.9 Å². The van der Waals surface area contributed by atoms with Crippen LogP contribution < -0.4 is 16.0 Å². The van der Waals surface area contributed by atoms with Crippen molar-refractivity contribution in [2.45, 2.75) is 12.7 Å². The fourth-order valence-electron chi connectivity index (χ4n) is 2.52. The van der Waals surface area contributed by atoms with Crippen LogP contribution in [0.15, 0.2) is 36.4 Å². The smallest absolute Gasteiger partial charge is 0.433 e. The molecule has 4 N–H and O–H groups in total. The third-order valence-corrected chi connectivity index (χ3v) is 4.95. The van der Waals surface area contributed by atoms with Gasteiger partial charge in [0, 0.05) is 30.5 Å². The molecule has 0 bridgehead atoms. The van der Waals surface area contributed by atoms with Crippen LogP contribution in [0.25, 0.3) is 0 Å². The highest BCUT2D eigenvalue weighted by Crippen LogP contribution is 2.29. The maximum absolute atomic E-state index is 13.1. The molecule has 1 aromatic carbocycles. The Hall–Kier alpha value is -3.68. The Kier molecular flexibility index (Phi) is 7.98. The average molecular weight is 488 g/mol. The van der Waals surface area contributed by atoms with Crippen molar-refractivity contribution in [3.8, 4) is 0 Å². The highest BCUT2D eigenvalue weighted by Gasteiger charge is 2.33. The van der Waals surface area contributed by atoms with Gasteiger partial charge in [-0.1, -0.05) is 6.07 Å². The van der Waals surface area contributed by atoms with Crippen molar-refractivity contribution in [2.24, 2.45) is 0 Å². The van der Waals surface area contributed by atoms with Crippen molar-refractivity contribution < 1.29 is 41.1 Å². The molecule has 1 aromatic heterocycles. The Balaban J connectivity index is 2.20. The van der Waals surface area contributed by atoms with Gasteiger partial charge in [0.25, 0.3) is 11.8 Å². The van der Waals surface area contributed by atoms with Crippen molar-refractivity contribution in [3.63, 3.8) is 0 Å². The first-order valence-electron chi connectivity index (χ1n) is 9.17. The lowest BCUT2D eigenvalue weighted by Gasteiger charge is -2.12. The van der Waals surface area contributed by atoms with E-state index in [-0.39, 0.29) is 29.0 Å². The third-order valence-electron chi connectivity index (χ3n) is 4.01. The molecule has 2 rings (SSSR count). The number of alkyl halides is 3. The molecule has 0 saturated heterocycles. The summed E-state index contributed by atoms with van der Waals surface area (Å²) in [7, 11) is -3.29. The minimum Gasteiger partial charge on any atom is -0.465 e. The zero-order valence-corrected chi connectivity index (χ0v) is 17.9. The van der Waals surface area contributed by atoms with E-state index in [1.54, 1.807) is 0 Å². The van der Waals surface area contributed by atoms with Crippen molar-refractivity contribution in [3.05, 3.63) is 58.8 Å². The lowest BCUT2D eigenvalue weighted by atomic mass is 10.1. The topological polar surface area (TPSA) is 155 Å². The van der Waals surface area contributed by atoms with E-state index in [0.29, 0.717) is 6.07 Å². The monoisotopic (exact) mass is 488 g/mol. The van der Waals surface area contributed by atoms with Gasteiger partial charge in [-0.2, -0.15) is 13.2 Å². The normalized spacial score (nSPS) is 11.5. The van der Waals surface area contributed by atoms with Crippen molar-refractivity contribution in [1.82, 2.24) is 15.6 Å². The minimum atomic E-state index is -4.84. The van der Waals surface area contributed by atoms with E-state index in [1.165, 1.54) is 24.3 Å². The summed E-state index contributed by atoms with van der Waals surface area (Å²) >= 11 is 0. The largest absolute Gasteiger partial charge is 0.465 e. The maximum Gasteiger partial charge on any atom is 0.433 e. The number of pyridine rings is 1. The van der Waals surface area contributed by atoms with E-state index in [9.17, 15) is 36.0 Å². The van der Waals surface area contributed by atoms with Gasteiger partial charge in [0.15, 0.2) is 0 Å². The summed E-state index contributed by atoms with van der Waals surface area (Å²) in [6.07, 6.45) is -5.28. The highest BCUT2D eigenvalue weighted by atomic mass is 32.2. The fourth-order valence-corrected chi connectivity index (χ4v) is 2.99. The van der Waals surface area contributed by atoms with E-state index in [4.69, 9.17) is 5.11 Å². The Morgan fingerprint density at radius 2 is 1.67 bits per heavy atom. The van der Waals surface area contributed by atoms with Crippen LogP contribution in [0.1, 0.15) is 32.0 Å². The molecular weight excluding hydrogens is 469 g/mol. The zero-order chi connectivity index (χ0) is 24.8. The number of halogens is 3. The molecule has 0 aliphatic carbocycles. The number of carbonyl (C=O) groups is 3. The average Bonchev–Trinajstić information content (AvgIpc) is 2.70. The molecule has 1 heterocycles. The fraction of sp³-hybridized carbons (Fsp3) is 0.263. The predicted molar refractivity (Wildman–Crippen MR) is 111 cm³/mol. The Labute approximate surface area is 186 Å². The Bertz CT molecular complexity index is 1170. The molecule has 3 amide bonds. The van der Waals surface area contributed by atoms with Crippen LogP contribution in [-0.2, 0) is 22.6 Å². The van der Waals surface area contributed by atoms with E-state index in [1.807, 2.05) is 5.32 Å². The quantitative estimate of drug-likeness (QED) is 0.442. The first kappa shape index (κ1) is 25.6. The molecule has 178 valence electrons. The minimum absolute atomic E-state index is 0.0273. The van der Waals surface area contributed by atoms with E-state index >= 15 is 0 Å². The van der Waals surface area contributed by atoms with Crippen LogP contribution in [0, 0.1) is 0 Å². The summed E-state index contributed by atoms with van der Waals surface area (Å²) in [6.45, 7) is -0.595. The molecule has 0 atom stereocenters. The first-order valence-corrected chi connectivity index (χ1v) is 11.2. The molecule has 0 radical (unpaired) electrons. The van der Waals surface area contributed by atoms with Gasteiger partial charge in [0.1, 0.15) is 21.3 Å². The van der Waals surface area contributed by atoms with Crippen LogP contribution in [0.4, 0.5) is 23.8 Å². The van der Waals surface area contributed by atoms with E-state index < -0.39 is 52.0 Å². The third kappa shape index (κ3) is 8.40. The van der Waals surface area contributed by atoms with Gasteiger partial charge in [0.05, 0.1) is 5.75 Å². The maximum atomic E-state index is 13.1. The molecule has 2 aromatic rings. The lowest BCUT2D eigenvalue weighted by molar-refractivity contribution is -0.141. The molecule has 0 aliphatic rings. The summed E-state index contributed by atoms with van der Waals surface area (Å²) in [6, 6.07) is 6.93. The number of nitrogens with one attached hydrogen (secondary N) is 3. The van der Waals surface area contributed by atoms with Crippen LogP contribution in [0.5, 0.6) is 0 Å². The van der Waals surface area contributed by atoms with Gasteiger partial charge in [-0.15, -0.1) is 0 Å². The number of amides is 3. The number of anilines is 1. The molecule has 0 saturated carbocycles. The lowest BCUT2D eigenvalue weighted by Crippen LogP contribution is -2.29. The first-order chi connectivity index (χ1) is 15.2. The van der Waals surface area contributed by atoms with Crippen molar-refractivity contribution in [1.29, 1.82) is 0 Å². The number of aromatic nitrogens is 1. The molecule has 33 heavy (non-hydrogen) atoms. The molecular formula is C19H19F3N4O6S. The Morgan fingerprint density at radius 1 is 1.03 bits per heavy atom. The van der Waals surface area contributed by atoms with Gasteiger partial charge >= 0.3 is 12.3 Å². The Morgan fingerprint density at radius 3 is 2.24 bits per heavy atom. The molecule has 0 spiro atoms. The second-order valence-electron chi connectivity index (χ2n) is 6.82. The summed E-state index contributed by atoms with van der Waals surface area (Å²) in [5.74, 6) is -2.27. The van der Waals surface area contributed by atoms with E-state index in [2.05, 4.69) is 15.6 Å². The standard InChI is InChI=1S/C19H19F3N4O6S/c1-33(31,32)6-5-23-16(27)12-3-2-4-13(9-12)17(28)26-15-8-11(10-24-18(29)30)7-14(25-15)19(20,21)22/h2-4,7-9,24H,5-6,10H2,1H3,(H,23,27)(H,29,30)(H,25,26,28). The molecule has 10 nitrogen and oxygen atoms in total. The van der Waals surface area contributed by atoms with Crippen LogP contribution in [0.3, 0.4) is 0 Å². The van der Waals surface area contributed by atoms with Gasteiger partial charge in [0.2, 0.25) is 0 Å². The summed E-state index contributed by atoms with van der Waals surface area (Å²) in [4.78, 5) is 38.7. The van der Waals surface area contributed by atoms with Crippen molar-refractivity contribution >= 4 is 33.6 Å². The number of benzene rings is 1. The van der Waals surface area contributed by atoms with Gasteiger partial charge in [-0.3, -0.25) is 9.59 Å². The highest BCUT2D eigenvalue weighted by molar-refractivity contribution is 7.90. The van der Waals surface area contributed by atoms with Crippen LogP contribution in [0.2, 0.25) is 0 Å². The summed E-state index contributed by atoms with van der Waals surface area (Å²) in [5, 5.41) is 15.2. The second kappa shape index (κ2) is 10.3. The predicted octanol–water partition coefficient (Wildman–Crippen LogP) is 1.89. The molecule has 0 fully saturated rings. The van der Waals surface area contributed by atoms with Crippen molar-refractivity contribution in [2.75, 3.05) is 23.9 Å². The zero-order valence-electron chi connectivity index (χ0n) is 17.1. The summed E-state index contributed by atoms with van der Waals surface area (Å²) in [5.41, 5.74) is -1.47. The van der Waals surface area contributed by atoms with Crippen LogP contribution in [-0.4, -0.2) is 55.0 Å². The number of hydrogen-bond acceptors (Lipinski definition) is 6. The number of sulfone groups is 1. The van der Waals surface area contributed by atoms with Gasteiger partial charge < -0.3 is 21.1 Å².